The van der Waals surface area contributed by atoms with Crippen molar-refractivity contribution in [1.82, 2.24) is 0 Å². The van der Waals surface area contributed by atoms with E-state index >= 15 is 0 Å². The first kappa shape index (κ1) is 19.5. The maximum absolute atomic E-state index is 9.28. The van der Waals surface area contributed by atoms with E-state index < -0.39 is 11.7 Å². The molecule has 0 aromatic heterocycles. The number of rotatable bonds is 7. The fourth-order valence-corrected chi connectivity index (χ4v) is 1.22. The van der Waals surface area contributed by atoms with Crippen molar-refractivity contribution in [2.75, 3.05) is 6.54 Å². The third-order valence-electron chi connectivity index (χ3n) is 3.35. The molecule has 115 valence electrons. The molecule has 0 amide bonds. The molecule has 0 aromatic carbocycles. The zero-order valence-corrected chi connectivity index (χ0v) is 14.6. The second-order valence-corrected chi connectivity index (χ2v) is 7.29. The van der Waals surface area contributed by atoms with Crippen molar-refractivity contribution >= 4 is 25.8 Å². The highest BCUT2D eigenvalue weighted by Crippen LogP contribution is 2.31. The minimum Gasteiger partial charge on any atom is -0.428 e. The van der Waals surface area contributed by atoms with Gasteiger partial charge in [-0.05, 0) is 53.9 Å². The summed E-state index contributed by atoms with van der Waals surface area (Å²) in [6.45, 7) is 13.6. The lowest BCUT2D eigenvalue weighted by molar-refractivity contribution is 0.0847. The Kier molecular flexibility index (Phi) is 7.35. The zero-order valence-electron chi connectivity index (χ0n) is 13.7. The number of thiol groups is 1. The van der Waals surface area contributed by atoms with Gasteiger partial charge in [0.15, 0.2) is 0 Å². The third kappa shape index (κ3) is 6.33. The van der Waals surface area contributed by atoms with E-state index in [2.05, 4.69) is 17.6 Å². The summed E-state index contributed by atoms with van der Waals surface area (Å²) in [5, 5.41) is 9.28. The Balaban J connectivity index is 4.94. The number of hydrogen-bond donors (Lipinski definition) is 3. The van der Waals surface area contributed by atoms with Crippen molar-refractivity contribution in [3.63, 3.8) is 0 Å². The summed E-state index contributed by atoms with van der Waals surface area (Å²) in [7, 11) is 1.63. The van der Waals surface area contributed by atoms with E-state index in [0.29, 0.717) is 12.2 Å². The largest absolute Gasteiger partial charge is 0.428 e. The lowest BCUT2D eigenvalue weighted by Crippen LogP contribution is -2.44. The molecule has 0 saturated carbocycles. The van der Waals surface area contributed by atoms with Crippen LogP contribution in [0.25, 0.3) is 0 Å². The van der Waals surface area contributed by atoms with Crippen LogP contribution in [0.5, 0.6) is 0 Å². The van der Waals surface area contributed by atoms with Crippen LogP contribution < -0.4 is 5.73 Å². The van der Waals surface area contributed by atoms with Crippen molar-refractivity contribution in [2.45, 2.75) is 64.9 Å². The zero-order chi connectivity index (χ0) is 16.1. The second-order valence-electron chi connectivity index (χ2n) is 6.18. The number of aliphatic hydroxyl groups excluding tert-OH is 1. The summed E-state index contributed by atoms with van der Waals surface area (Å²) in [5.41, 5.74) is 7.56. The molecule has 6 heteroatoms. The molecule has 0 spiro atoms. The highest BCUT2D eigenvalue weighted by Gasteiger charge is 2.35. The van der Waals surface area contributed by atoms with Crippen LogP contribution in [0.3, 0.4) is 0 Å². The minimum absolute atomic E-state index is 0.304. The fraction of sp³-hybridized carbons (Fsp3) is 0.786. The van der Waals surface area contributed by atoms with Gasteiger partial charge in [-0.25, -0.2) is 0 Å². The molecule has 3 N–H and O–H groups in total. The van der Waals surface area contributed by atoms with Crippen molar-refractivity contribution in [3.05, 3.63) is 11.2 Å². The van der Waals surface area contributed by atoms with Gasteiger partial charge in [0, 0.05) is 16.2 Å². The molecule has 0 bridgehead atoms. The van der Waals surface area contributed by atoms with Gasteiger partial charge in [-0.3, -0.25) is 4.99 Å². The normalized spacial score (nSPS) is 16.8. The first-order valence-corrected chi connectivity index (χ1v) is 7.22. The van der Waals surface area contributed by atoms with Gasteiger partial charge in [-0.15, -0.1) is 0 Å². The maximum atomic E-state index is 9.28. The van der Waals surface area contributed by atoms with Crippen LogP contribution in [0.2, 0.25) is 0 Å². The van der Waals surface area contributed by atoms with Gasteiger partial charge in [-0.1, -0.05) is 0 Å². The molecule has 1 atom stereocenters. The minimum atomic E-state index is -0.474. The molecule has 0 aromatic rings. The monoisotopic (exact) mass is 299 g/mol. The van der Waals surface area contributed by atoms with Crippen LogP contribution in [0, 0.1) is 0 Å². The van der Waals surface area contributed by atoms with Crippen molar-refractivity contribution in [2.24, 2.45) is 10.7 Å². The predicted octanol–water partition coefficient (Wildman–Crippen LogP) is 2.14. The summed E-state index contributed by atoms with van der Waals surface area (Å²) in [6.07, 6.45) is -0.474. The van der Waals surface area contributed by atoms with Gasteiger partial charge < -0.3 is 15.5 Å². The molecule has 0 aliphatic carbocycles. The molecule has 0 saturated heterocycles. The fourth-order valence-electron chi connectivity index (χ4n) is 1.17. The molecule has 1 radical (unpaired) electrons. The standard InChI is InChI=1S/C14H28BN2O2S/c1-9(18)8-17-11(3)12(10(2)16)15-19-13(4,5)14(6,7)20/h9,18,20H,8,16H2,1-7H3/t9-/m0/s1. The number of nitrogens with zero attached hydrogens (tertiary/aromatic N) is 1. The average molecular weight is 299 g/mol. The van der Waals surface area contributed by atoms with Gasteiger partial charge >= 0.3 is 7.48 Å². The van der Waals surface area contributed by atoms with Crippen LogP contribution in [-0.2, 0) is 4.65 Å². The van der Waals surface area contributed by atoms with Gasteiger partial charge in [0.2, 0.25) is 0 Å². The van der Waals surface area contributed by atoms with E-state index in [4.69, 9.17) is 10.4 Å². The summed E-state index contributed by atoms with van der Waals surface area (Å²) in [4.78, 5) is 4.31. The highest BCUT2D eigenvalue weighted by atomic mass is 32.1. The van der Waals surface area contributed by atoms with Crippen LogP contribution >= 0.6 is 12.6 Å². The van der Waals surface area contributed by atoms with Crippen molar-refractivity contribution in [3.8, 4) is 0 Å². The molecule has 0 heterocycles. The molecule has 0 aliphatic heterocycles. The van der Waals surface area contributed by atoms with Gasteiger partial charge in [-0.2, -0.15) is 12.6 Å². The van der Waals surface area contributed by atoms with E-state index in [1.54, 1.807) is 21.3 Å². The highest BCUT2D eigenvalue weighted by molar-refractivity contribution is 7.81. The van der Waals surface area contributed by atoms with Crippen LogP contribution in [0.15, 0.2) is 16.2 Å². The van der Waals surface area contributed by atoms with Crippen LogP contribution in [0.1, 0.15) is 48.5 Å². The Labute approximate surface area is 129 Å². The second kappa shape index (κ2) is 7.52. The maximum Gasteiger partial charge on any atom is 0.334 e. The summed E-state index contributed by atoms with van der Waals surface area (Å²) < 4.78 is 5.56. The molecule has 0 unspecified atom stereocenters. The number of aliphatic hydroxyl groups is 1. The Morgan fingerprint density at radius 3 is 2.20 bits per heavy atom. The van der Waals surface area contributed by atoms with E-state index in [1.165, 1.54) is 0 Å². The molecule has 20 heavy (non-hydrogen) atoms. The van der Waals surface area contributed by atoms with Gasteiger partial charge in [0.1, 0.15) is 0 Å². The molecular formula is C14H28BN2O2S. The first-order chi connectivity index (χ1) is 8.88. The average Bonchev–Trinajstić information content (AvgIpc) is 2.24. The van der Waals surface area contributed by atoms with Crippen LogP contribution in [-0.4, -0.2) is 41.3 Å². The first-order valence-electron chi connectivity index (χ1n) is 6.77. The van der Waals surface area contributed by atoms with E-state index in [0.717, 1.165) is 11.2 Å². The molecular weight excluding hydrogens is 271 g/mol. The van der Waals surface area contributed by atoms with E-state index in [1.807, 2.05) is 34.6 Å². The van der Waals surface area contributed by atoms with Crippen molar-refractivity contribution < 1.29 is 9.76 Å². The summed E-state index contributed by atoms with van der Waals surface area (Å²) in [6, 6.07) is 0. The Hall–Kier alpha value is -0.455. The Morgan fingerprint density at radius 2 is 1.85 bits per heavy atom. The van der Waals surface area contributed by atoms with E-state index in [-0.39, 0.29) is 4.75 Å². The smallest absolute Gasteiger partial charge is 0.334 e. The van der Waals surface area contributed by atoms with Gasteiger partial charge in [0.25, 0.3) is 0 Å². The number of nitrogens with two attached hydrogens (primary N) is 1. The number of allylic oxidation sites excluding steroid dienone is 2. The molecule has 0 fully saturated rings. The topological polar surface area (TPSA) is 67.8 Å². The number of aliphatic imine (C=N–C) groups is 1. The summed E-state index contributed by atoms with van der Waals surface area (Å²) in [5.74, 6) is 0. The molecule has 0 rings (SSSR count). The van der Waals surface area contributed by atoms with Gasteiger partial charge in [0.05, 0.1) is 18.2 Å². The SMILES string of the molecule is CC(=NC[C@H](C)O)C([B]OC(C)(C)C(C)(C)S)=C(C)N. The Morgan fingerprint density at radius 1 is 1.35 bits per heavy atom. The number of hydrogen-bond acceptors (Lipinski definition) is 5. The van der Waals surface area contributed by atoms with Crippen LogP contribution in [0.4, 0.5) is 0 Å². The lowest BCUT2D eigenvalue weighted by Gasteiger charge is -2.38. The summed E-state index contributed by atoms with van der Waals surface area (Å²) >= 11 is 4.55. The third-order valence-corrected chi connectivity index (χ3v) is 3.89. The molecule has 4 nitrogen and oxygen atoms in total. The quantitative estimate of drug-likeness (QED) is 0.383. The lowest BCUT2D eigenvalue weighted by atomic mass is 9.80. The molecule has 0 aliphatic rings. The van der Waals surface area contributed by atoms with E-state index in [9.17, 15) is 5.11 Å². The predicted molar refractivity (Wildman–Crippen MR) is 90.5 cm³/mol. The Bertz CT molecular complexity index is 381. The van der Waals surface area contributed by atoms with Crippen molar-refractivity contribution in [1.29, 1.82) is 0 Å².